The van der Waals surface area contributed by atoms with Crippen LogP contribution in [0.5, 0.6) is 0 Å². The minimum atomic E-state index is 0.328. The van der Waals surface area contributed by atoms with Crippen molar-refractivity contribution in [2.75, 3.05) is 24.3 Å². The second kappa shape index (κ2) is 7.67. The smallest absolute Gasteiger partial charge is 0.0769 e. The van der Waals surface area contributed by atoms with Crippen molar-refractivity contribution >= 4 is 11.4 Å². The van der Waals surface area contributed by atoms with Crippen molar-refractivity contribution in [2.24, 2.45) is 0 Å². The highest BCUT2D eigenvalue weighted by atomic mass is 15.1. The predicted molar refractivity (Wildman–Crippen MR) is 90.9 cm³/mol. The molecule has 3 heteroatoms. The molecule has 21 heavy (non-hydrogen) atoms. The number of hydrogen-bond acceptors (Lipinski definition) is 3. The van der Waals surface area contributed by atoms with Crippen LogP contribution in [0.1, 0.15) is 37.8 Å². The SMILES string of the molecule is CCCCC(Nc1cnccc1N(C)C)c1ccccc1. The molecule has 112 valence electrons. The van der Waals surface area contributed by atoms with E-state index in [1.807, 2.05) is 18.5 Å². The van der Waals surface area contributed by atoms with E-state index >= 15 is 0 Å². The number of anilines is 2. The lowest BCUT2D eigenvalue weighted by atomic mass is 10.0. The van der Waals surface area contributed by atoms with E-state index in [-0.39, 0.29) is 0 Å². The summed E-state index contributed by atoms with van der Waals surface area (Å²) in [4.78, 5) is 6.38. The Kier molecular flexibility index (Phi) is 5.61. The first-order valence-corrected chi connectivity index (χ1v) is 7.65. The van der Waals surface area contributed by atoms with E-state index in [0.717, 1.165) is 12.1 Å². The Morgan fingerprint density at radius 2 is 1.90 bits per heavy atom. The molecule has 0 radical (unpaired) electrons. The highest BCUT2D eigenvalue weighted by Crippen LogP contribution is 2.29. The molecule has 1 N–H and O–H groups in total. The second-order valence-corrected chi connectivity index (χ2v) is 5.54. The Morgan fingerprint density at radius 3 is 2.57 bits per heavy atom. The van der Waals surface area contributed by atoms with Crippen LogP contribution < -0.4 is 10.2 Å². The molecule has 0 aliphatic carbocycles. The lowest BCUT2D eigenvalue weighted by Gasteiger charge is -2.24. The van der Waals surface area contributed by atoms with Gasteiger partial charge in [-0.15, -0.1) is 0 Å². The maximum Gasteiger partial charge on any atom is 0.0769 e. The van der Waals surface area contributed by atoms with Gasteiger partial charge in [0, 0.05) is 20.3 Å². The Labute approximate surface area is 128 Å². The number of pyridine rings is 1. The van der Waals surface area contributed by atoms with E-state index in [1.54, 1.807) is 0 Å². The fourth-order valence-electron chi connectivity index (χ4n) is 2.49. The second-order valence-electron chi connectivity index (χ2n) is 5.54. The first-order valence-electron chi connectivity index (χ1n) is 7.65. The average Bonchev–Trinajstić information content (AvgIpc) is 2.52. The van der Waals surface area contributed by atoms with E-state index in [1.165, 1.54) is 24.1 Å². The molecule has 1 aromatic heterocycles. The third-order valence-corrected chi connectivity index (χ3v) is 3.66. The molecule has 0 aliphatic rings. The van der Waals surface area contributed by atoms with Crippen LogP contribution in [-0.2, 0) is 0 Å². The summed E-state index contributed by atoms with van der Waals surface area (Å²) in [6, 6.07) is 13.0. The van der Waals surface area contributed by atoms with Crippen molar-refractivity contribution in [2.45, 2.75) is 32.2 Å². The van der Waals surface area contributed by atoms with E-state index in [0.29, 0.717) is 6.04 Å². The monoisotopic (exact) mass is 283 g/mol. The number of nitrogens with zero attached hydrogens (tertiary/aromatic N) is 2. The summed E-state index contributed by atoms with van der Waals surface area (Å²) in [6.45, 7) is 2.23. The van der Waals surface area contributed by atoms with Gasteiger partial charge in [-0.2, -0.15) is 0 Å². The molecule has 3 nitrogen and oxygen atoms in total. The molecule has 0 fully saturated rings. The number of hydrogen-bond donors (Lipinski definition) is 1. The van der Waals surface area contributed by atoms with Crippen LogP contribution in [0.25, 0.3) is 0 Å². The minimum absolute atomic E-state index is 0.328. The largest absolute Gasteiger partial charge is 0.376 e. The van der Waals surface area contributed by atoms with E-state index in [9.17, 15) is 0 Å². The summed E-state index contributed by atoms with van der Waals surface area (Å²) in [5, 5.41) is 3.68. The Balaban J connectivity index is 2.23. The molecule has 1 atom stereocenters. The van der Waals surface area contributed by atoms with Gasteiger partial charge in [0.05, 0.1) is 23.6 Å². The van der Waals surface area contributed by atoms with Gasteiger partial charge in [0.2, 0.25) is 0 Å². The topological polar surface area (TPSA) is 28.2 Å². The molecule has 0 saturated heterocycles. The number of aromatic nitrogens is 1. The van der Waals surface area contributed by atoms with Crippen molar-refractivity contribution in [3.8, 4) is 0 Å². The Morgan fingerprint density at radius 1 is 1.14 bits per heavy atom. The normalized spacial score (nSPS) is 12.0. The van der Waals surface area contributed by atoms with Gasteiger partial charge in [-0.1, -0.05) is 50.1 Å². The molecule has 2 rings (SSSR count). The van der Waals surface area contributed by atoms with E-state index < -0.39 is 0 Å². The third kappa shape index (κ3) is 4.22. The van der Waals surface area contributed by atoms with Crippen LogP contribution in [0.15, 0.2) is 48.8 Å². The zero-order valence-corrected chi connectivity index (χ0v) is 13.2. The molecule has 0 amide bonds. The van der Waals surface area contributed by atoms with Crippen molar-refractivity contribution in [1.82, 2.24) is 4.98 Å². The lowest BCUT2D eigenvalue weighted by molar-refractivity contribution is 0.634. The van der Waals surface area contributed by atoms with E-state index in [2.05, 4.69) is 66.6 Å². The predicted octanol–water partition coefficient (Wildman–Crippen LogP) is 4.49. The first kappa shape index (κ1) is 15.4. The first-order chi connectivity index (χ1) is 10.2. The molecule has 1 unspecified atom stereocenters. The molecule has 0 saturated carbocycles. The van der Waals surface area contributed by atoms with Crippen LogP contribution in [0, 0.1) is 0 Å². The summed E-state index contributed by atoms with van der Waals surface area (Å²) >= 11 is 0. The number of unbranched alkanes of at least 4 members (excludes halogenated alkanes) is 1. The van der Waals surface area contributed by atoms with E-state index in [4.69, 9.17) is 0 Å². The highest BCUT2D eigenvalue weighted by molar-refractivity contribution is 5.68. The van der Waals surface area contributed by atoms with Crippen molar-refractivity contribution in [1.29, 1.82) is 0 Å². The van der Waals surface area contributed by atoms with Crippen LogP contribution >= 0.6 is 0 Å². The number of rotatable bonds is 7. The highest BCUT2D eigenvalue weighted by Gasteiger charge is 2.13. The quantitative estimate of drug-likeness (QED) is 0.811. The van der Waals surface area contributed by atoms with Gasteiger partial charge in [0.25, 0.3) is 0 Å². The maximum absolute atomic E-state index is 4.27. The molecule has 1 heterocycles. The third-order valence-electron chi connectivity index (χ3n) is 3.66. The minimum Gasteiger partial charge on any atom is -0.376 e. The molecule has 2 aromatic rings. The summed E-state index contributed by atoms with van der Waals surface area (Å²) in [5.41, 5.74) is 3.59. The number of benzene rings is 1. The molecule has 0 spiro atoms. The number of nitrogens with one attached hydrogen (secondary N) is 1. The van der Waals surface area contributed by atoms with Crippen LogP contribution in [0.4, 0.5) is 11.4 Å². The zero-order valence-electron chi connectivity index (χ0n) is 13.2. The Bertz CT molecular complexity index is 537. The molecule has 0 bridgehead atoms. The maximum atomic E-state index is 4.27. The summed E-state index contributed by atoms with van der Waals surface area (Å²) < 4.78 is 0. The van der Waals surface area contributed by atoms with Crippen molar-refractivity contribution in [3.63, 3.8) is 0 Å². The van der Waals surface area contributed by atoms with Gasteiger partial charge in [0.1, 0.15) is 0 Å². The fraction of sp³-hybridized carbons (Fsp3) is 0.389. The molecular weight excluding hydrogens is 258 g/mol. The van der Waals surface area contributed by atoms with Gasteiger partial charge in [-0.25, -0.2) is 0 Å². The van der Waals surface area contributed by atoms with Gasteiger partial charge in [-0.3, -0.25) is 4.98 Å². The zero-order chi connectivity index (χ0) is 15.1. The lowest BCUT2D eigenvalue weighted by Crippen LogP contribution is -2.16. The average molecular weight is 283 g/mol. The summed E-state index contributed by atoms with van der Waals surface area (Å²) in [6.07, 6.45) is 7.30. The standard InChI is InChI=1S/C18H25N3/c1-4-5-11-16(15-9-7-6-8-10-15)20-17-14-19-13-12-18(17)21(2)3/h6-10,12-14,16,20H,4-5,11H2,1-3H3. The molecule has 0 aliphatic heterocycles. The fourth-order valence-corrected chi connectivity index (χ4v) is 2.49. The van der Waals surface area contributed by atoms with Crippen LogP contribution in [-0.4, -0.2) is 19.1 Å². The van der Waals surface area contributed by atoms with Crippen molar-refractivity contribution < 1.29 is 0 Å². The van der Waals surface area contributed by atoms with Crippen molar-refractivity contribution in [3.05, 3.63) is 54.4 Å². The van der Waals surface area contributed by atoms with Crippen LogP contribution in [0.3, 0.4) is 0 Å². The molecular formula is C18H25N3. The van der Waals surface area contributed by atoms with Crippen LogP contribution in [0.2, 0.25) is 0 Å². The molecule has 1 aromatic carbocycles. The van der Waals surface area contributed by atoms with Gasteiger partial charge < -0.3 is 10.2 Å². The summed E-state index contributed by atoms with van der Waals surface area (Å²) in [5.74, 6) is 0. The van der Waals surface area contributed by atoms with Gasteiger partial charge >= 0.3 is 0 Å². The Hall–Kier alpha value is -2.03. The van der Waals surface area contributed by atoms with Gasteiger partial charge in [-0.05, 0) is 18.1 Å². The summed E-state index contributed by atoms with van der Waals surface area (Å²) in [7, 11) is 4.12. The van der Waals surface area contributed by atoms with Gasteiger partial charge in [0.15, 0.2) is 0 Å².